The van der Waals surface area contributed by atoms with Crippen molar-refractivity contribution >= 4 is 0 Å². The summed E-state index contributed by atoms with van der Waals surface area (Å²) in [7, 11) is 0. The van der Waals surface area contributed by atoms with Crippen LogP contribution in [0.3, 0.4) is 0 Å². The third-order valence-corrected chi connectivity index (χ3v) is 3.95. The maximum atomic E-state index is 10.3. The lowest BCUT2D eigenvalue weighted by atomic mass is 9.95. The Morgan fingerprint density at radius 2 is 1.83 bits per heavy atom. The van der Waals surface area contributed by atoms with Crippen molar-refractivity contribution in [1.29, 1.82) is 0 Å². The van der Waals surface area contributed by atoms with E-state index in [4.69, 9.17) is 0 Å². The normalized spacial score (nSPS) is 13.7. The van der Waals surface area contributed by atoms with Crippen molar-refractivity contribution in [2.45, 2.75) is 59.1 Å². The highest BCUT2D eigenvalue weighted by molar-refractivity contribution is 5.32. The summed E-state index contributed by atoms with van der Waals surface area (Å²) in [6, 6.07) is 6.81. The molecular weight excluding hydrogens is 222 g/mol. The fourth-order valence-corrected chi connectivity index (χ4v) is 2.26. The van der Waals surface area contributed by atoms with E-state index in [2.05, 4.69) is 44.3 Å². The fourth-order valence-electron chi connectivity index (χ4n) is 2.26. The van der Waals surface area contributed by atoms with E-state index in [9.17, 15) is 5.11 Å². The highest BCUT2D eigenvalue weighted by Crippen LogP contribution is 2.20. The van der Waals surface area contributed by atoms with Gasteiger partial charge in [-0.05, 0) is 44.7 Å². The van der Waals surface area contributed by atoms with Gasteiger partial charge in [0.2, 0.25) is 0 Å². The van der Waals surface area contributed by atoms with Gasteiger partial charge in [0.05, 0.1) is 5.60 Å². The summed E-state index contributed by atoms with van der Waals surface area (Å²) in [6.07, 6.45) is 1.58. The molecule has 1 unspecified atom stereocenters. The van der Waals surface area contributed by atoms with E-state index in [0.717, 1.165) is 12.8 Å². The van der Waals surface area contributed by atoms with Gasteiger partial charge in [-0.3, -0.25) is 0 Å². The first-order valence-corrected chi connectivity index (χ1v) is 6.94. The van der Waals surface area contributed by atoms with Crippen LogP contribution in [0.25, 0.3) is 0 Å². The molecule has 18 heavy (non-hydrogen) atoms. The summed E-state index contributed by atoms with van der Waals surface area (Å²) in [5.74, 6) is 0. The van der Waals surface area contributed by atoms with Gasteiger partial charge in [-0.1, -0.05) is 37.6 Å². The Morgan fingerprint density at radius 3 is 2.33 bits per heavy atom. The molecule has 0 aliphatic heterocycles. The largest absolute Gasteiger partial charge is 0.389 e. The van der Waals surface area contributed by atoms with Crippen LogP contribution in [0, 0.1) is 13.8 Å². The third-order valence-electron chi connectivity index (χ3n) is 3.95. The molecule has 102 valence electrons. The molecule has 0 radical (unpaired) electrons. The molecule has 0 heterocycles. The molecule has 0 fully saturated rings. The predicted octanol–water partition coefficient (Wildman–Crippen LogP) is 3.51. The lowest BCUT2D eigenvalue weighted by Gasteiger charge is -2.28. The summed E-state index contributed by atoms with van der Waals surface area (Å²) in [5, 5.41) is 13.7. The van der Waals surface area contributed by atoms with Crippen molar-refractivity contribution in [3.8, 4) is 0 Å². The number of rotatable bonds is 6. The topological polar surface area (TPSA) is 32.3 Å². The van der Waals surface area contributed by atoms with E-state index < -0.39 is 5.60 Å². The van der Waals surface area contributed by atoms with E-state index in [1.165, 1.54) is 16.7 Å². The molecule has 0 aliphatic rings. The molecule has 0 spiro atoms. The summed E-state index contributed by atoms with van der Waals surface area (Å²) < 4.78 is 0. The van der Waals surface area contributed by atoms with E-state index in [0.29, 0.717) is 6.54 Å². The summed E-state index contributed by atoms with van der Waals surface area (Å²) in [6.45, 7) is 11.1. The van der Waals surface area contributed by atoms with Crippen LogP contribution in [0.2, 0.25) is 0 Å². The molecule has 1 aromatic carbocycles. The van der Waals surface area contributed by atoms with Crippen LogP contribution in [-0.2, 0) is 0 Å². The van der Waals surface area contributed by atoms with Gasteiger partial charge in [-0.15, -0.1) is 0 Å². The molecule has 0 aliphatic carbocycles. The second kappa shape index (κ2) is 6.35. The van der Waals surface area contributed by atoms with Gasteiger partial charge in [0, 0.05) is 12.6 Å². The minimum Gasteiger partial charge on any atom is -0.389 e. The minimum atomic E-state index is -0.577. The Bertz CT molecular complexity index is 383. The van der Waals surface area contributed by atoms with Crippen molar-refractivity contribution in [3.05, 3.63) is 34.9 Å². The Labute approximate surface area is 111 Å². The monoisotopic (exact) mass is 249 g/mol. The maximum Gasteiger partial charge on any atom is 0.0766 e. The predicted molar refractivity (Wildman–Crippen MR) is 77.9 cm³/mol. The van der Waals surface area contributed by atoms with Crippen LogP contribution in [0.1, 0.15) is 56.3 Å². The smallest absolute Gasteiger partial charge is 0.0766 e. The van der Waals surface area contributed by atoms with Crippen LogP contribution in [0.5, 0.6) is 0 Å². The molecule has 0 aromatic heterocycles. The molecule has 2 heteroatoms. The number of benzene rings is 1. The average Bonchev–Trinajstić information content (AvgIpc) is 2.35. The Kier molecular flexibility index (Phi) is 5.36. The lowest BCUT2D eigenvalue weighted by Crippen LogP contribution is -2.40. The third kappa shape index (κ3) is 3.82. The number of hydrogen-bond donors (Lipinski definition) is 2. The minimum absolute atomic E-state index is 0.273. The van der Waals surface area contributed by atoms with Gasteiger partial charge < -0.3 is 10.4 Å². The highest BCUT2D eigenvalue weighted by atomic mass is 16.3. The van der Waals surface area contributed by atoms with Gasteiger partial charge in [0.1, 0.15) is 0 Å². The first-order chi connectivity index (χ1) is 8.41. The Hall–Kier alpha value is -0.860. The summed E-state index contributed by atoms with van der Waals surface area (Å²) in [4.78, 5) is 0. The standard InChI is InChI=1S/C16H27NO/c1-6-16(18,7-2)11-17-14(5)15-9-8-12(3)10-13(15)4/h8-10,14,17-18H,6-7,11H2,1-5H3. The molecule has 2 N–H and O–H groups in total. The molecule has 0 saturated heterocycles. The van der Waals surface area contributed by atoms with E-state index in [-0.39, 0.29) is 6.04 Å². The highest BCUT2D eigenvalue weighted by Gasteiger charge is 2.22. The van der Waals surface area contributed by atoms with E-state index >= 15 is 0 Å². The first kappa shape index (κ1) is 15.2. The van der Waals surface area contributed by atoms with E-state index in [1.54, 1.807) is 0 Å². The van der Waals surface area contributed by atoms with Crippen molar-refractivity contribution < 1.29 is 5.11 Å². The Morgan fingerprint density at radius 1 is 1.22 bits per heavy atom. The van der Waals surface area contributed by atoms with Crippen LogP contribution in [-0.4, -0.2) is 17.3 Å². The van der Waals surface area contributed by atoms with Gasteiger partial charge in [0.25, 0.3) is 0 Å². The van der Waals surface area contributed by atoms with Crippen LogP contribution in [0.15, 0.2) is 18.2 Å². The second-order valence-electron chi connectivity index (χ2n) is 5.39. The molecule has 2 nitrogen and oxygen atoms in total. The van der Waals surface area contributed by atoms with Crippen LogP contribution >= 0.6 is 0 Å². The Balaban J connectivity index is 2.68. The quantitative estimate of drug-likeness (QED) is 0.808. The van der Waals surface area contributed by atoms with Gasteiger partial charge in [0.15, 0.2) is 0 Å². The number of aliphatic hydroxyl groups is 1. The molecule has 1 rings (SSSR count). The fraction of sp³-hybridized carbons (Fsp3) is 0.625. The van der Waals surface area contributed by atoms with Crippen LogP contribution in [0.4, 0.5) is 0 Å². The zero-order chi connectivity index (χ0) is 13.8. The molecule has 1 atom stereocenters. The second-order valence-corrected chi connectivity index (χ2v) is 5.39. The number of nitrogens with one attached hydrogen (secondary N) is 1. The van der Waals surface area contributed by atoms with Gasteiger partial charge >= 0.3 is 0 Å². The zero-order valence-electron chi connectivity index (χ0n) is 12.4. The lowest BCUT2D eigenvalue weighted by molar-refractivity contribution is 0.0303. The summed E-state index contributed by atoms with van der Waals surface area (Å²) >= 11 is 0. The molecule has 0 saturated carbocycles. The molecule has 1 aromatic rings. The SMILES string of the molecule is CCC(O)(CC)CNC(C)c1ccc(C)cc1C. The van der Waals surface area contributed by atoms with Gasteiger partial charge in [-0.25, -0.2) is 0 Å². The zero-order valence-corrected chi connectivity index (χ0v) is 12.4. The maximum absolute atomic E-state index is 10.3. The van der Waals surface area contributed by atoms with Crippen molar-refractivity contribution in [1.82, 2.24) is 5.32 Å². The van der Waals surface area contributed by atoms with Crippen molar-refractivity contribution in [3.63, 3.8) is 0 Å². The van der Waals surface area contributed by atoms with Crippen molar-refractivity contribution in [2.24, 2.45) is 0 Å². The van der Waals surface area contributed by atoms with Crippen LogP contribution < -0.4 is 5.32 Å². The number of aryl methyl sites for hydroxylation is 2. The molecule has 0 amide bonds. The average molecular weight is 249 g/mol. The number of hydrogen-bond acceptors (Lipinski definition) is 2. The first-order valence-electron chi connectivity index (χ1n) is 6.94. The van der Waals surface area contributed by atoms with Crippen molar-refractivity contribution in [2.75, 3.05) is 6.54 Å². The summed E-state index contributed by atoms with van der Waals surface area (Å²) in [5.41, 5.74) is 3.34. The van der Waals surface area contributed by atoms with E-state index in [1.807, 2.05) is 13.8 Å². The molecular formula is C16H27NO. The van der Waals surface area contributed by atoms with Gasteiger partial charge in [-0.2, -0.15) is 0 Å². The molecule has 0 bridgehead atoms.